The molecule has 0 aliphatic heterocycles. The molecule has 2 aromatic rings. The Morgan fingerprint density at radius 2 is 2.07 bits per heavy atom. The van der Waals surface area contributed by atoms with Gasteiger partial charge in [0.15, 0.2) is 0 Å². The maximum atomic E-state index is 12.8. The number of amides is 1. The highest BCUT2D eigenvalue weighted by atomic mass is 127. The number of rotatable bonds is 5. The molecule has 156 valence electrons. The van der Waals surface area contributed by atoms with Crippen molar-refractivity contribution in [2.75, 3.05) is 11.9 Å². The number of nitrogens with one attached hydrogen (secondary N) is 1. The molecule has 2 N–H and O–H groups in total. The lowest BCUT2D eigenvalue weighted by Crippen LogP contribution is -2.16. The number of fused-ring (bicyclic) bond motifs is 1. The van der Waals surface area contributed by atoms with Gasteiger partial charge in [-0.15, -0.1) is 11.3 Å². The van der Waals surface area contributed by atoms with Gasteiger partial charge in [0.25, 0.3) is 5.91 Å². The first-order chi connectivity index (χ1) is 14.3. The predicted molar refractivity (Wildman–Crippen MR) is 133 cm³/mol. The summed E-state index contributed by atoms with van der Waals surface area (Å²) >= 11 is 5.46. The molecule has 0 saturated carbocycles. The van der Waals surface area contributed by atoms with Gasteiger partial charge >= 0.3 is 5.97 Å². The van der Waals surface area contributed by atoms with Gasteiger partial charge in [-0.25, -0.2) is 4.79 Å². The number of carbonyl (C=O) groups excluding carboxylic acids is 2. The molecule has 0 radical (unpaired) electrons. The zero-order chi connectivity index (χ0) is 21.8. The SMILES string of the molecule is CCOC(=O)c1c(NC(=O)/C(C#N)=C/c2cc(I)cc(I)c2O)sc2c1CCCC2. The Bertz CT molecular complexity index is 1090. The van der Waals surface area contributed by atoms with Gasteiger partial charge in [-0.2, -0.15) is 5.26 Å². The van der Waals surface area contributed by atoms with Crippen molar-refractivity contribution in [3.05, 3.63) is 46.4 Å². The molecule has 0 unspecified atom stereocenters. The molecule has 1 aromatic heterocycles. The van der Waals surface area contributed by atoms with Crippen LogP contribution in [0.1, 0.15) is 46.1 Å². The fourth-order valence-electron chi connectivity index (χ4n) is 3.24. The first-order valence-corrected chi connectivity index (χ1v) is 12.3. The molecule has 1 aliphatic rings. The Hall–Kier alpha value is -1.65. The van der Waals surface area contributed by atoms with E-state index in [0.717, 1.165) is 39.7 Å². The van der Waals surface area contributed by atoms with E-state index in [4.69, 9.17) is 4.74 Å². The normalized spacial score (nSPS) is 13.3. The lowest BCUT2D eigenvalue weighted by Gasteiger charge is -2.12. The summed E-state index contributed by atoms with van der Waals surface area (Å²) in [7, 11) is 0. The van der Waals surface area contributed by atoms with Crippen LogP contribution < -0.4 is 5.32 Å². The fraction of sp³-hybridized carbons (Fsp3) is 0.286. The van der Waals surface area contributed by atoms with E-state index in [1.807, 2.05) is 28.7 Å². The van der Waals surface area contributed by atoms with Crippen LogP contribution in [0.5, 0.6) is 5.75 Å². The minimum atomic E-state index is -0.630. The molecule has 0 atom stereocenters. The number of nitrogens with zero attached hydrogens (tertiary/aromatic N) is 1. The standard InChI is InChI=1S/C21H18I2N2O4S/c1-2-29-21(28)17-14-5-3-4-6-16(14)30-20(17)25-19(27)12(10-24)7-11-8-13(22)9-15(23)18(11)26/h7-9,26H,2-6H2,1H3,(H,25,27)/b12-7+. The predicted octanol–water partition coefficient (Wildman–Crippen LogP) is 5.26. The number of carbonyl (C=O) groups is 2. The molecule has 1 aliphatic carbocycles. The van der Waals surface area contributed by atoms with Crippen molar-refractivity contribution in [3.8, 4) is 11.8 Å². The Kier molecular flexibility index (Phi) is 7.75. The highest BCUT2D eigenvalue weighted by Crippen LogP contribution is 2.39. The summed E-state index contributed by atoms with van der Waals surface area (Å²) in [6.45, 7) is 1.98. The van der Waals surface area contributed by atoms with Crippen molar-refractivity contribution < 1.29 is 19.4 Å². The number of halogens is 2. The third-order valence-electron chi connectivity index (χ3n) is 4.60. The number of benzene rings is 1. The van der Waals surface area contributed by atoms with E-state index in [0.29, 0.717) is 19.7 Å². The minimum absolute atomic E-state index is 0.00960. The van der Waals surface area contributed by atoms with Crippen LogP contribution in [0.15, 0.2) is 17.7 Å². The Morgan fingerprint density at radius 1 is 1.33 bits per heavy atom. The molecule has 6 nitrogen and oxygen atoms in total. The molecule has 1 aromatic carbocycles. The van der Waals surface area contributed by atoms with E-state index < -0.39 is 11.9 Å². The maximum absolute atomic E-state index is 12.8. The van der Waals surface area contributed by atoms with Gasteiger partial charge in [-0.1, -0.05) is 0 Å². The molecule has 0 fully saturated rings. The van der Waals surface area contributed by atoms with E-state index >= 15 is 0 Å². The Morgan fingerprint density at radius 3 is 2.77 bits per heavy atom. The number of aryl methyl sites for hydroxylation is 1. The van der Waals surface area contributed by atoms with Crippen LogP contribution in [0.4, 0.5) is 5.00 Å². The van der Waals surface area contributed by atoms with Crippen molar-refractivity contribution in [2.45, 2.75) is 32.6 Å². The molecule has 9 heteroatoms. The summed E-state index contributed by atoms with van der Waals surface area (Å²) in [5.74, 6) is -1.08. The van der Waals surface area contributed by atoms with E-state index in [2.05, 4.69) is 27.9 Å². The number of esters is 1. The number of anilines is 1. The second kappa shape index (κ2) is 10.1. The zero-order valence-corrected chi connectivity index (χ0v) is 21.2. The molecule has 30 heavy (non-hydrogen) atoms. The number of hydrogen-bond donors (Lipinski definition) is 2. The molecule has 3 rings (SSSR count). The third kappa shape index (κ3) is 4.97. The van der Waals surface area contributed by atoms with Crippen LogP contribution in [0.2, 0.25) is 0 Å². The van der Waals surface area contributed by atoms with E-state index in [1.54, 1.807) is 19.1 Å². The van der Waals surface area contributed by atoms with Crippen LogP contribution in [-0.4, -0.2) is 23.6 Å². The number of thiophene rings is 1. The molecule has 1 heterocycles. The van der Waals surface area contributed by atoms with E-state index in [-0.39, 0.29) is 17.9 Å². The lowest BCUT2D eigenvalue weighted by atomic mass is 9.95. The minimum Gasteiger partial charge on any atom is -0.506 e. The molecule has 0 spiro atoms. The second-order valence-electron chi connectivity index (χ2n) is 6.58. The van der Waals surface area contributed by atoms with Crippen molar-refractivity contribution in [1.29, 1.82) is 5.26 Å². The Balaban J connectivity index is 1.96. The lowest BCUT2D eigenvalue weighted by molar-refractivity contribution is -0.112. The van der Waals surface area contributed by atoms with Gasteiger partial charge in [0.05, 0.1) is 15.7 Å². The summed E-state index contributed by atoms with van der Waals surface area (Å²) in [6, 6.07) is 5.38. The first-order valence-electron chi connectivity index (χ1n) is 9.28. The molecular formula is C21H18I2N2O4S. The van der Waals surface area contributed by atoms with Crippen LogP contribution >= 0.6 is 56.5 Å². The molecule has 0 saturated heterocycles. The summed E-state index contributed by atoms with van der Waals surface area (Å²) in [5, 5.41) is 22.9. The fourth-order valence-corrected chi connectivity index (χ4v) is 6.41. The van der Waals surface area contributed by atoms with Crippen LogP contribution in [-0.2, 0) is 22.4 Å². The maximum Gasteiger partial charge on any atom is 0.341 e. The molecule has 0 bridgehead atoms. The number of phenolic OH excluding ortho intramolecular Hbond substituents is 1. The average Bonchev–Trinajstić information content (AvgIpc) is 3.07. The van der Waals surface area contributed by atoms with Gasteiger partial charge in [0.2, 0.25) is 0 Å². The van der Waals surface area contributed by atoms with Gasteiger partial charge in [-0.3, -0.25) is 4.79 Å². The number of aromatic hydroxyl groups is 1. The van der Waals surface area contributed by atoms with Gasteiger partial charge in [0, 0.05) is 14.0 Å². The van der Waals surface area contributed by atoms with E-state index in [9.17, 15) is 20.0 Å². The van der Waals surface area contributed by atoms with Crippen molar-refractivity contribution in [2.24, 2.45) is 0 Å². The largest absolute Gasteiger partial charge is 0.506 e. The van der Waals surface area contributed by atoms with Crippen LogP contribution in [0, 0.1) is 18.5 Å². The highest BCUT2D eigenvalue weighted by molar-refractivity contribution is 14.1. The number of phenols is 1. The molecule has 1 amide bonds. The second-order valence-corrected chi connectivity index (χ2v) is 10.1. The topological polar surface area (TPSA) is 99.4 Å². The van der Waals surface area contributed by atoms with Crippen molar-refractivity contribution in [1.82, 2.24) is 0 Å². The third-order valence-corrected chi connectivity index (χ3v) is 7.25. The number of nitriles is 1. The molecular weight excluding hydrogens is 630 g/mol. The number of ether oxygens (including phenoxy) is 1. The summed E-state index contributed by atoms with van der Waals surface area (Å²) in [5.41, 5.74) is 1.56. The summed E-state index contributed by atoms with van der Waals surface area (Å²) in [4.78, 5) is 26.5. The van der Waals surface area contributed by atoms with Gasteiger partial charge in [0.1, 0.15) is 22.4 Å². The summed E-state index contributed by atoms with van der Waals surface area (Å²) in [6.07, 6.45) is 5.00. The van der Waals surface area contributed by atoms with Crippen molar-refractivity contribution in [3.63, 3.8) is 0 Å². The Labute approximate surface area is 205 Å². The van der Waals surface area contributed by atoms with Crippen LogP contribution in [0.25, 0.3) is 6.08 Å². The summed E-state index contributed by atoms with van der Waals surface area (Å²) < 4.78 is 6.69. The average molecular weight is 648 g/mol. The van der Waals surface area contributed by atoms with E-state index in [1.165, 1.54) is 17.4 Å². The van der Waals surface area contributed by atoms with Gasteiger partial charge < -0.3 is 15.2 Å². The van der Waals surface area contributed by atoms with Gasteiger partial charge in [-0.05, 0) is 102 Å². The number of hydrogen-bond acceptors (Lipinski definition) is 6. The zero-order valence-electron chi connectivity index (χ0n) is 16.1. The first kappa shape index (κ1) is 23.0. The quantitative estimate of drug-likeness (QED) is 0.200. The monoisotopic (exact) mass is 648 g/mol. The van der Waals surface area contributed by atoms with Crippen LogP contribution in [0.3, 0.4) is 0 Å². The highest BCUT2D eigenvalue weighted by Gasteiger charge is 2.27. The smallest absolute Gasteiger partial charge is 0.341 e. The van der Waals surface area contributed by atoms with Crippen molar-refractivity contribution >= 4 is 79.5 Å².